The molecule has 0 N–H and O–H groups in total. The maximum Gasteiger partial charge on any atom is 0.298 e. The predicted octanol–water partition coefficient (Wildman–Crippen LogP) is 6.48. The van der Waals surface area contributed by atoms with Crippen LogP contribution in [-0.4, -0.2) is 18.3 Å². The standard InChI is InChI=1S/C25H20ClNO4S/c1-16-6-8-17(9-7-16)15-31-21-11-10-18(12-22(21)30-2)13-23-24(28)27(25(29)32-23)20-5-3-4-19(26)14-20/h3-14H,15H2,1-2H3. The first-order chi connectivity index (χ1) is 15.4. The Hall–Kier alpha value is -3.22. The number of rotatable bonds is 6. The van der Waals surface area contributed by atoms with Gasteiger partial charge in [0.05, 0.1) is 17.7 Å². The maximum atomic E-state index is 12.9. The molecule has 3 aromatic rings. The van der Waals surface area contributed by atoms with E-state index in [0.29, 0.717) is 33.7 Å². The van der Waals surface area contributed by atoms with Gasteiger partial charge in [-0.1, -0.05) is 53.6 Å². The number of anilines is 1. The number of ether oxygens (including phenoxy) is 2. The van der Waals surface area contributed by atoms with Gasteiger partial charge in [-0.2, -0.15) is 0 Å². The summed E-state index contributed by atoms with van der Waals surface area (Å²) in [5.74, 6) is 0.748. The molecule has 1 heterocycles. The number of hydrogen-bond acceptors (Lipinski definition) is 5. The number of aryl methyl sites for hydroxylation is 1. The number of amides is 2. The molecule has 1 fully saturated rings. The van der Waals surface area contributed by atoms with Gasteiger partial charge in [0, 0.05) is 5.02 Å². The molecule has 0 aliphatic carbocycles. The fourth-order valence-electron chi connectivity index (χ4n) is 3.20. The van der Waals surface area contributed by atoms with E-state index in [1.165, 1.54) is 5.56 Å². The monoisotopic (exact) mass is 465 g/mol. The third-order valence-electron chi connectivity index (χ3n) is 4.86. The Morgan fingerprint density at radius 3 is 2.50 bits per heavy atom. The number of halogens is 1. The number of carbonyl (C=O) groups excluding carboxylic acids is 2. The minimum atomic E-state index is -0.388. The SMILES string of the molecule is COc1cc(C=C2SC(=O)N(c3cccc(Cl)c3)C2=O)ccc1OCc1ccc(C)cc1. The Labute approximate surface area is 195 Å². The van der Waals surface area contributed by atoms with Crippen LogP contribution in [0.5, 0.6) is 11.5 Å². The van der Waals surface area contributed by atoms with Crippen molar-refractivity contribution in [2.45, 2.75) is 13.5 Å². The Morgan fingerprint density at radius 1 is 1.00 bits per heavy atom. The van der Waals surface area contributed by atoms with Crippen molar-refractivity contribution < 1.29 is 19.1 Å². The number of nitrogens with zero attached hydrogens (tertiary/aromatic N) is 1. The molecule has 162 valence electrons. The van der Waals surface area contributed by atoms with Gasteiger partial charge in [0.1, 0.15) is 6.61 Å². The molecule has 0 spiro atoms. The normalized spacial score (nSPS) is 14.8. The minimum absolute atomic E-state index is 0.324. The predicted molar refractivity (Wildman–Crippen MR) is 128 cm³/mol. The van der Waals surface area contributed by atoms with Gasteiger partial charge in [-0.25, -0.2) is 4.90 Å². The Kier molecular flexibility index (Phi) is 6.53. The first-order valence-electron chi connectivity index (χ1n) is 9.84. The third kappa shape index (κ3) is 4.82. The molecule has 7 heteroatoms. The highest BCUT2D eigenvalue weighted by molar-refractivity contribution is 8.19. The molecule has 5 nitrogen and oxygen atoms in total. The van der Waals surface area contributed by atoms with Crippen LogP contribution < -0.4 is 14.4 Å². The zero-order valence-electron chi connectivity index (χ0n) is 17.5. The van der Waals surface area contributed by atoms with Crippen molar-refractivity contribution in [2.24, 2.45) is 0 Å². The molecule has 0 bridgehead atoms. The van der Waals surface area contributed by atoms with Crippen LogP contribution in [0.1, 0.15) is 16.7 Å². The van der Waals surface area contributed by atoms with E-state index < -0.39 is 0 Å². The highest BCUT2D eigenvalue weighted by Crippen LogP contribution is 2.37. The van der Waals surface area contributed by atoms with E-state index in [4.69, 9.17) is 21.1 Å². The molecule has 2 amide bonds. The fourth-order valence-corrected chi connectivity index (χ4v) is 4.22. The topological polar surface area (TPSA) is 55.8 Å². The van der Waals surface area contributed by atoms with Gasteiger partial charge >= 0.3 is 0 Å². The maximum absolute atomic E-state index is 12.9. The van der Waals surface area contributed by atoms with E-state index in [1.54, 1.807) is 49.6 Å². The summed E-state index contributed by atoms with van der Waals surface area (Å²) < 4.78 is 11.4. The Bertz CT molecular complexity index is 1210. The average molecular weight is 466 g/mol. The van der Waals surface area contributed by atoms with Gasteiger partial charge in [-0.15, -0.1) is 0 Å². The van der Waals surface area contributed by atoms with Crippen LogP contribution in [0.15, 0.2) is 71.6 Å². The summed E-state index contributed by atoms with van der Waals surface area (Å²) in [5.41, 5.74) is 3.41. The lowest BCUT2D eigenvalue weighted by Crippen LogP contribution is -2.27. The molecule has 3 aromatic carbocycles. The number of thioether (sulfide) groups is 1. The van der Waals surface area contributed by atoms with Gasteiger partial charge in [0.2, 0.25) is 0 Å². The number of carbonyl (C=O) groups is 2. The van der Waals surface area contributed by atoms with Crippen LogP contribution in [-0.2, 0) is 11.4 Å². The highest BCUT2D eigenvalue weighted by Gasteiger charge is 2.36. The molecule has 4 rings (SSSR count). The van der Waals surface area contributed by atoms with E-state index in [-0.39, 0.29) is 11.1 Å². The molecule has 32 heavy (non-hydrogen) atoms. The van der Waals surface area contributed by atoms with Crippen LogP contribution in [0, 0.1) is 6.92 Å². The van der Waals surface area contributed by atoms with Gasteiger partial charge in [0.15, 0.2) is 11.5 Å². The average Bonchev–Trinajstić information content (AvgIpc) is 3.06. The lowest BCUT2D eigenvalue weighted by Gasteiger charge is -2.12. The highest BCUT2D eigenvalue weighted by atomic mass is 35.5. The molecule has 0 aromatic heterocycles. The van der Waals surface area contributed by atoms with Crippen LogP contribution in [0.25, 0.3) is 6.08 Å². The van der Waals surface area contributed by atoms with Crippen molar-refractivity contribution in [3.8, 4) is 11.5 Å². The van der Waals surface area contributed by atoms with Crippen molar-refractivity contribution in [3.05, 3.63) is 93.3 Å². The van der Waals surface area contributed by atoms with Gasteiger partial charge in [-0.3, -0.25) is 9.59 Å². The number of imide groups is 1. The van der Waals surface area contributed by atoms with Crippen molar-refractivity contribution in [3.63, 3.8) is 0 Å². The molecule has 0 unspecified atom stereocenters. The molecular weight excluding hydrogens is 446 g/mol. The van der Waals surface area contributed by atoms with Crippen LogP contribution in [0.4, 0.5) is 10.5 Å². The fraction of sp³-hybridized carbons (Fsp3) is 0.120. The molecule has 0 radical (unpaired) electrons. The summed E-state index contributed by atoms with van der Waals surface area (Å²) in [6.07, 6.45) is 1.67. The number of methoxy groups -OCH3 is 1. The summed E-state index contributed by atoms with van der Waals surface area (Å²) in [7, 11) is 1.56. The van der Waals surface area contributed by atoms with Crippen molar-refractivity contribution in [1.29, 1.82) is 0 Å². The minimum Gasteiger partial charge on any atom is -0.493 e. The van der Waals surface area contributed by atoms with E-state index >= 15 is 0 Å². The zero-order valence-corrected chi connectivity index (χ0v) is 19.1. The van der Waals surface area contributed by atoms with Crippen LogP contribution >= 0.6 is 23.4 Å². The Balaban J connectivity index is 1.53. The van der Waals surface area contributed by atoms with E-state index in [0.717, 1.165) is 27.8 Å². The van der Waals surface area contributed by atoms with E-state index in [1.807, 2.05) is 37.3 Å². The zero-order chi connectivity index (χ0) is 22.7. The lowest BCUT2D eigenvalue weighted by molar-refractivity contribution is -0.113. The second kappa shape index (κ2) is 9.51. The van der Waals surface area contributed by atoms with E-state index in [2.05, 4.69) is 0 Å². The molecule has 0 atom stereocenters. The quantitative estimate of drug-likeness (QED) is 0.390. The third-order valence-corrected chi connectivity index (χ3v) is 5.97. The summed E-state index contributed by atoms with van der Waals surface area (Å²) in [4.78, 5) is 26.8. The smallest absolute Gasteiger partial charge is 0.298 e. The Morgan fingerprint density at radius 2 is 1.78 bits per heavy atom. The largest absolute Gasteiger partial charge is 0.493 e. The van der Waals surface area contributed by atoms with Crippen LogP contribution in [0.2, 0.25) is 5.02 Å². The molecule has 0 saturated carbocycles. The lowest BCUT2D eigenvalue weighted by atomic mass is 10.1. The summed E-state index contributed by atoms with van der Waals surface area (Å²) >= 11 is 6.90. The van der Waals surface area contributed by atoms with Gasteiger partial charge < -0.3 is 9.47 Å². The summed E-state index contributed by atoms with van der Waals surface area (Å²) in [6, 6.07) is 20.2. The molecule has 1 saturated heterocycles. The second-order valence-corrected chi connectivity index (χ2v) is 8.61. The first kappa shape index (κ1) is 22.0. The summed E-state index contributed by atoms with van der Waals surface area (Å²) in [5, 5.41) is 0.0880. The van der Waals surface area contributed by atoms with Gasteiger partial charge in [-0.05, 0) is 66.2 Å². The molecule has 1 aliphatic heterocycles. The van der Waals surface area contributed by atoms with Crippen molar-refractivity contribution >= 4 is 46.3 Å². The summed E-state index contributed by atoms with van der Waals surface area (Å²) in [6.45, 7) is 2.45. The van der Waals surface area contributed by atoms with Crippen LogP contribution in [0.3, 0.4) is 0 Å². The molecular formula is C25H20ClNO4S. The second-order valence-electron chi connectivity index (χ2n) is 7.18. The molecule has 1 aliphatic rings. The number of hydrogen-bond donors (Lipinski definition) is 0. The van der Waals surface area contributed by atoms with Crippen molar-refractivity contribution in [1.82, 2.24) is 0 Å². The first-order valence-corrected chi connectivity index (χ1v) is 11.0. The van der Waals surface area contributed by atoms with E-state index in [9.17, 15) is 9.59 Å². The number of benzene rings is 3. The van der Waals surface area contributed by atoms with Gasteiger partial charge in [0.25, 0.3) is 11.1 Å². The van der Waals surface area contributed by atoms with Crippen molar-refractivity contribution in [2.75, 3.05) is 12.0 Å².